The summed E-state index contributed by atoms with van der Waals surface area (Å²) in [6.07, 6.45) is 0. The molecule has 1 saturated heterocycles. The van der Waals surface area contributed by atoms with E-state index in [9.17, 15) is 18.0 Å². The van der Waals surface area contributed by atoms with Crippen LogP contribution >= 0.6 is 11.3 Å². The summed E-state index contributed by atoms with van der Waals surface area (Å²) < 4.78 is 29.8. The third-order valence-electron chi connectivity index (χ3n) is 5.93. The van der Waals surface area contributed by atoms with Crippen LogP contribution in [0.5, 0.6) is 0 Å². The van der Waals surface area contributed by atoms with Gasteiger partial charge in [-0.15, -0.1) is 0 Å². The Kier molecular flexibility index (Phi) is 5.77. The fraction of sp³-hybridized carbons (Fsp3) is 0.391. The Morgan fingerprint density at radius 3 is 2.19 bits per heavy atom. The van der Waals surface area contributed by atoms with Crippen LogP contribution in [0, 0.1) is 0 Å². The zero-order valence-electron chi connectivity index (χ0n) is 18.7. The van der Waals surface area contributed by atoms with E-state index in [1.165, 1.54) is 14.9 Å². The van der Waals surface area contributed by atoms with Gasteiger partial charge in [-0.1, -0.05) is 44.2 Å². The number of aryl methyl sites for hydroxylation is 1. The molecule has 32 heavy (non-hydrogen) atoms. The summed E-state index contributed by atoms with van der Waals surface area (Å²) in [5.74, 6) is -0.0852. The quantitative estimate of drug-likeness (QED) is 0.586. The van der Waals surface area contributed by atoms with Gasteiger partial charge in [0.15, 0.2) is 0 Å². The van der Waals surface area contributed by atoms with Crippen LogP contribution in [0.15, 0.2) is 52.2 Å². The number of carbonyl (C=O) groups is 1. The first kappa shape index (κ1) is 22.7. The summed E-state index contributed by atoms with van der Waals surface area (Å²) in [6, 6.07) is 12.4. The zero-order valence-corrected chi connectivity index (χ0v) is 20.3. The number of amides is 1. The van der Waals surface area contributed by atoms with E-state index in [-0.39, 0.29) is 34.2 Å². The topological polar surface area (TPSA) is 79.7 Å². The van der Waals surface area contributed by atoms with Gasteiger partial charge in [-0.05, 0) is 41.3 Å². The van der Waals surface area contributed by atoms with E-state index in [2.05, 4.69) is 20.8 Å². The lowest BCUT2D eigenvalue weighted by Crippen LogP contribution is -2.50. The monoisotopic (exact) mass is 473 g/mol. The number of nitrogens with zero attached hydrogens (tertiary/aromatic N) is 3. The average molecular weight is 474 g/mol. The lowest BCUT2D eigenvalue weighted by Gasteiger charge is -2.34. The third kappa shape index (κ3) is 4.12. The van der Waals surface area contributed by atoms with Crippen LogP contribution in [0.2, 0.25) is 0 Å². The number of piperazine rings is 1. The normalized spacial score (nSPS) is 15.9. The molecule has 1 aromatic heterocycles. The van der Waals surface area contributed by atoms with Crippen molar-refractivity contribution in [2.24, 2.45) is 7.05 Å². The Labute approximate surface area is 191 Å². The number of benzene rings is 2. The van der Waals surface area contributed by atoms with E-state index >= 15 is 0 Å². The van der Waals surface area contributed by atoms with Crippen molar-refractivity contribution in [3.8, 4) is 0 Å². The maximum atomic E-state index is 13.1. The van der Waals surface area contributed by atoms with Gasteiger partial charge in [0.2, 0.25) is 10.0 Å². The Balaban J connectivity index is 1.47. The average Bonchev–Trinajstić information content (AvgIpc) is 3.06. The summed E-state index contributed by atoms with van der Waals surface area (Å²) in [5, 5.41) is 0. The first-order chi connectivity index (χ1) is 15.0. The molecule has 7 nitrogen and oxygen atoms in total. The molecule has 1 fully saturated rings. The molecule has 1 aliphatic rings. The molecule has 0 atom stereocenters. The highest BCUT2D eigenvalue weighted by molar-refractivity contribution is 7.89. The van der Waals surface area contributed by atoms with Gasteiger partial charge in [0.1, 0.15) is 0 Å². The molecule has 0 spiro atoms. The van der Waals surface area contributed by atoms with E-state index in [4.69, 9.17) is 0 Å². The number of sulfonamides is 1. The largest absolute Gasteiger partial charge is 0.336 e. The Hall–Kier alpha value is -2.49. The number of carbonyl (C=O) groups excluding carboxylic acids is 1. The van der Waals surface area contributed by atoms with Crippen molar-refractivity contribution >= 4 is 37.5 Å². The molecular weight excluding hydrogens is 446 g/mol. The standard InChI is InChI=1S/C23H27N3O4S2/c1-23(2,3)17-7-5-16(6-8-17)21(27)25-11-13-26(14-12-25)32(29,30)18-9-10-19-20(15-18)31-22(28)24(19)4/h5-10,15H,11-14H2,1-4H3. The van der Waals surface area contributed by atoms with Crippen LogP contribution in [0.3, 0.4) is 0 Å². The molecule has 0 bridgehead atoms. The summed E-state index contributed by atoms with van der Waals surface area (Å²) in [4.78, 5) is 26.5. The summed E-state index contributed by atoms with van der Waals surface area (Å²) in [5.41, 5.74) is 2.50. The lowest BCUT2D eigenvalue weighted by atomic mass is 9.86. The van der Waals surface area contributed by atoms with Crippen LogP contribution in [-0.2, 0) is 22.5 Å². The molecule has 0 saturated carbocycles. The van der Waals surface area contributed by atoms with Crippen molar-refractivity contribution in [2.75, 3.05) is 26.2 Å². The first-order valence-electron chi connectivity index (χ1n) is 10.5. The van der Waals surface area contributed by atoms with Crippen molar-refractivity contribution in [1.29, 1.82) is 0 Å². The maximum absolute atomic E-state index is 13.1. The highest BCUT2D eigenvalue weighted by Crippen LogP contribution is 2.25. The molecule has 4 rings (SSSR count). The number of fused-ring (bicyclic) bond motifs is 1. The first-order valence-corrected chi connectivity index (χ1v) is 12.7. The van der Waals surface area contributed by atoms with Gasteiger partial charge in [-0.25, -0.2) is 8.42 Å². The van der Waals surface area contributed by atoms with E-state index in [0.717, 1.165) is 16.9 Å². The number of hydrogen-bond acceptors (Lipinski definition) is 5. The summed E-state index contributed by atoms with van der Waals surface area (Å²) in [7, 11) is -2.03. The molecule has 3 aromatic rings. The van der Waals surface area contributed by atoms with Gasteiger partial charge < -0.3 is 9.47 Å². The van der Waals surface area contributed by atoms with E-state index < -0.39 is 10.0 Å². The molecule has 2 heterocycles. The molecule has 1 amide bonds. The summed E-state index contributed by atoms with van der Waals surface area (Å²) in [6.45, 7) is 7.51. The number of aromatic nitrogens is 1. The zero-order chi connectivity index (χ0) is 23.3. The minimum Gasteiger partial charge on any atom is -0.336 e. The Bertz CT molecular complexity index is 1320. The minimum atomic E-state index is -3.70. The fourth-order valence-electron chi connectivity index (χ4n) is 3.85. The smallest absolute Gasteiger partial charge is 0.307 e. The second-order valence-corrected chi connectivity index (χ2v) is 12.0. The molecule has 0 radical (unpaired) electrons. The predicted molar refractivity (Wildman–Crippen MR) is 127 cm³/mol. The van der Waals surface area contributed by atoms with Crippen molar-refractivity contribution in [3.05, 3.63) is 63.3 Å². The van der Waals surface area contributed by atoms with E-state index in [1.807, 2.05) is 24.3 Å². The van der Waals surface area contributed by atoms with Crippen LogP contribution < -0.4 is 4.87 Å². The van der Waals surface area contributed by atoms with E-state index in [1.54, 1.807) is 24.1 Å². The van der Waals surface area contributed by atoms with Gasteiger partial charge in [0, 0.05) is 38.8 Å². The Morgan fingerprint density at radius 1 is 0.969 bits per heavy atom. The van der Waals surface area contributed by atoms with Gasteiger partial charge in [0.25, 0.3) is 5.91 Å². The highest BCUT2D eigenvalue weighted by Gasteiger charge is 2.31. The number of thiazole rings is 1. The van der Waals surface area contributed by atoms with Crippen LogP contribution in [0.25, 0.3) is 10.2 Å². The molecule has 0 aliphatic carbocycles. The fourth-order valence-corrected chi connectivity index (χ4v) is 6.29. The second kappa shape index (κ2) is 8.13. The SMILES string of the molecule is Cn1c(=O)sc2cc(S(=O)(=O)N3CCN(C(=O)c4ccc(C(C)(C)C)cc4)CC3)ccc21. The van der Waals surface area contributed by atoms with Gasteiger partial charge in [0.05, 0.1) is 15.1 Å². The number of hydrogen-bond donors (Lipinski definition) is 0. The van der Waals surface area contributed by atoms with Crippen molar-refractivity contribution in [2.45, 2.75) is 31.1 Å². The van der Waals surface area contributed by atoms with Crippen molar-refractivity contribution in [3.63, 3.8) is 0 Å². The Morgan fingerprint density at radius 2 is 1.59 bits per heavy atom. The van der Waals surface area contributed by atoms with Gasteiger partial charge >= 0.3 is 4.87 Å². The predicted octanol–water partition coefficient (Wildman–Crippen LogP) is 3.04. The summed E-state index contributed by atoms with van der Waals surface area (Å²) >= 11 is 1.03. The molecule has 0 unspecified atom stereocenters. The van der Waals surface area contributed by atoms with Crippen LogP contribution in [0.1, 0.15) is 36.7 Å². The lowest BCUT2D eigenvalue weighted by molar-refractivity contribution is 0.0698. The second-order valence-electron chi connectivity index (χ2n) is 9.08. The molecule has 9 heteroatoms. The maximum Gasteiger partial charge on any atom is 0.307 e. The third-order valence-corrected chi connectivity index (χ3v) is 8.82. The minimum absolute atomic E-state index is 0.0142. The van der Waals surface area contributed by atoms with Gasteiger partial charge in [-0.3, -0.25) is 9.59 Å². The highest BCUT2D eigenvalue weighted by atomic mass is 32.2. The molecular formula is C23H27N3O4S2. The van der Waals surface area contributed by atoms with Gasteiger partial charge in [-0.2, -0.15) is 4.31 Å². The molecule has 1 aliphatic heterocycles. The molecule has 2 aromatic carbocycles. The number of rotatable bonds is 3. The van der Waals surface area contributed by atoms with Crippen LogP contribution in [0.4, 0.5) is 0 Å². The molecule has 0 N–H and O–H groups in total. The van der Waals surface area contributed by atoms with Crippen molar-refractivity contribution < 1.29 is 13.2 Å². The van der Waals surface area contributed by atoms with Crippen molar-refractivity contribution in [1.82, 2.24) is 13.8 Å². The molecule has 170 valence electrons. The van der Waals surface area contributed by atoms with Crippen LogP contribution in [-0.4, -0.2) is 54.3 Å². The van der Waals surface area contributed by atoms with E-state index in [0.29, 0.717) is 28.9 Å².